The molecule has 7 heteroatoms. The second-order valence-corrected chi connectivity index (χ2v) is 4.66. The highest BCUT2D eigenvalue weighted by Gasteiger charge is 2.36. The number of hydrogen-bond donors (Lipinski definition) is 2. The van der Waals surface area contributed by atoms with Gasteiger partial charge in [-0.05, 0) is 5.92 Å². The average molecular weight is 274 g/mol. The van der Waals surface area contributed by atoms with E-state index in [1.165, 1.54) is 0 Å². The van der Waals surface area contributed by atoms with Crippen LogP contribution in [0.4, 0.5) is 4.79 Å². The number of likely N-dealkylation sites (tertiary alicyclic amines) is 1. The van der Waals surface area contributed by atoms with Gasteiger partial charge in [-0.25, -0.2) is 4.79 Å². The molecule has 0 aromatic heterocycles. The maximum Gasteiger partial charge on any atom is 0.317 e. The molecule has 1 aliphatic heterocycles. The topological polar surface area (TPSA) is 88.1 Å². The van der Waals surface area contributed by atoms with Gasteiger partial charge in [-0.2, -0.15) is 0 Å². The summed E-state index contributed by atoms with van der Waals surface area (Å²) in [6, 6.07) is -0.231. The molecule has 0 spiro atoms. The van der Waals surface area contributed by atoms with Gasteiger partial charge in [0.25, 0.3) is 0 Å². The Bertz CT molecular complexity index is 310. The Morgan fingerprint density at radius 2 is 2.05 bits per heavy atom. The third-order valence-corrected chi connectivity index (χ3v) is 3.17. The summed E-state index contributed by atoms with van der Waals surface area (Å²) < 4.78 is 10.0. The molecule has 110 valence electrons. The Hall–Kier alpha value is -1.34. The SMILES string of the molecule is COCCOCCNC(=O)N1CC(C)C(C(=O)O)C1. The Balaban J connectivity index is 2.19. The number of methoxy groups -OCH3 is 1. The minimum Gasteiger partial charge on any atom is -0.481 e. The number of carbonyl (C=O) groups excluding carboxylic acids is 1. The smallest absolute Gasteiger partial charge is 0.317 e. The lowest BCUT2D eigenvalue weighted by atomic mass is 9.99. The van der Waals surface area contributed by atoms with Crippen LogP contribution in [0.1, 0.15) is 6.92 Å². The summed E-state index contributed by atoms with van der Waals surface area (Å²) in [4.78, 5) is 24.3. The lowest BCUT2D eigenvalue weighted by molar-refractivity contribution is -0.142. The summed E-state index contributed by atoms with van der Waals surface area (Å²) in [5.74, 6) is -1.32. The van der Waals surface area contributed by atoms with Gasteiger partial charge in [0.05, 0.1) is 25.7 Å². The fourth-order valence-corrected chi connectivity index (χ4v) is 2.04. The number of carboxylic acid groups (broad SMARTS) is 1. The molecular formula is C12H22N2O5. The van der Waals surface area contributed by atoms with Crippen molar-refractivity contribution in [2.75, 3.05) is 46.6 Å². The molecule has 0 aliphatic carbocycles. The monoisotopic (exact) mass is 274 g/mol. The van der Waals surface area contributed by atoms with Crippen molar-refractivity contribution in [2.45, 2.75) is 6.92 Å². The van der Waals surface area contributed by atoms with Crippen molar-refractivity contribution in [3.8, 4) is 0 Å². The first-order valence-electron chi connectivity index (χ1n) is 6.38. The molecule has 0 aromatic rings. The predicted molar refractivity (Wildman–Crippen MR) is 68.0 cm³/mol. The molecule has 2 unspecified atom stereocenters. The van der Waals surface area contributed by atoms with Crippen LogP contribution in [0.5, 0.6) is 0 Å². The molecule has 2 N–H and O–H groups in total. The lowest BCUT2D eigenvalue weighted by Gasteiger charge is -2.16. The van der Waals surface area contributed by atoms with Gasteiger partial charge in [-0.1, -0.05) is 6.92 Å². The maximum absolute atomic E-state index is 11.8. The van der Waals surface area contributed by atoms with Gasteiger partial charge in [-0.15, -0.1) is 0 Å². The molecule has 7 nitrogen and oxygen atoms in total. The quantitative estimate of drug-likeness (QED) is 0.639. The normalized spacial score (nSPS) is 22.5. The van der Waals surface area contributed by atoms with E-state index in [4.69, 9.17) is 14.6 Å². The van der Waals surface area contributed by atoms with Crippen LogP contribution in [-0.2, 0) is 14.3 Å². The number of amides is 2. The van der Waals surface area contributed by atoms with Gasteiger partial charge in [-0.3, -0.25) is 4.79 Å². The standard InChI is InChI=1S/C12H22N2O5/c1-9-7-14(8-10(9)11(15)16)12(17)13-3-4-19-6-5-18-2/h9-10H,3-8H2,1-2H3,(H,13,17)(H,15,16). The van der Waals surface area contributed by atoms with Gasteiger partial charge in [0, 0.05) is 26.7 Å². The van der Waals surface area contributed by atoms with E-state index < -0.39 is 11.9 Å². The van der Waals surface area contributed by atoms with Crippen molar-refractivity contribution in [1.29, 1.82) is 0 Å². The van der Waals surface area contributed by atoms with E-state index >= 15 is 0 Å². The van der Waals surface area contributed by atoms with Gasteiger partial charge in [0.1, 0.15) is 0 Å². The first-order valence-corrected chi connectivity index (χ1v) is 6.38. The molecule has 0 saturated carbocycles. The molecule has 2 amide bonds. The first kappa shape index (κ1) is 15.7. The highest BCUT2D eigenvalue weighted by molar-refractivity contribution is 5.77. The van der Waals surface area contributed by atoms with Crippen LogP contribution in [0, 0.1) is 11.8 Å². The van der Waals surface area contributed by atoms with E-state index in [2.05, 4.69) is 5.32 Å². The summed E-state index contributed by atoms with van der Waals surface area (Å²) in [6.07, 6.45) is 0. The van der Waals surface area contributed by atoms with Crippen molar-refractivity contribution in [2.24, 2.45) is 11.8 Å². The first-order chi connectivity index (χ1) is 9.06. The van der Waals surface area contributed by atoms with Crippen molar-refractivity contribution >= 4 is 12.0 Å². The third kappa shape index (κ3) is 5.04. The number of rotatable bonds is 7. The molecule has 1 saturated heterocycles. The van der Waals surface area contributed by atoms with Crippen LogP contribution in [0.15, 0.2) is 0 Å². The van der Waals surface area contributed by atoms with Gasteiger partial charge in [0.2, 0.25) is 0 Å². The molecule has 0 bridgehead atoms. The number of hydrogen-bond acceptors (Lipinski definition) is 4. The van der Waals surface area contributed by atoms with E-state index in [0.29, 0.717) is 32.9 Å². The minimum absolute atomic E-state index is 0.0128. The van der Waals surface area contributed by atoms with E-state index in [1.807, 2.05) is 6.92 Å². The molecule has 19 heavy (non-hydrogen) atoms. The fourth-order valence-electron chi connectivity index (χ4n) is 2.04. The molecule has 0 aromatic carbocycles. The van der Waals surface area contributed by atoms with E-state index in [-0.39, 0.29) is 18.5 Å². The number of urea groups is 1. The Morgan fingerprint density at radius 1 is 1.32 bits per heavy atom. The Labute approximate surface area is 112 Å². The molecule has 2 atom stereocenters. The zero-order valence-electron chi connectivity index (χ0n) is 11.4. The number of aliphatic carboxylic acids is 1. The van der Waals surface area contributed by atoms with Gasteiger partial charge < -0.3 is 24.8 Å². The Kier molecular flexibility index (Phi) is 6.58. The molecule has 1 heterocycles. The van der Waals surface area contributed by atoms with Crippen LogP contribution in [-0.4, -0.2) is 68.6 Å². The fraction of sp³-hybridized carbons (Fsp3) is 0.833. The number of nitrogens with one attached hydrogen (secondary N) is 1. The van der Waals surface area contributed by atoms with Gasteiger partial charge >= 0.3 is 12.0 Å². The van der Waals surface area contributed by atoms with Crippen LogP contribution >= 0.6 is 0 Å². The summed E-state index contributed by atoms with van der Waals surface area (Å²) >= 11 is 0. The zero-order valence-corrected chi connectivity index (χ0v) is 11.4. The largest absolute Gasteiger partial charge is 0.481 e. The second-order valence-electron chi connectivity index (χ2n) is 4.66. The van der Waals surface area contributed by atoms with E-state index in [9.17, 15) is 9.59 Å². The predicted octanol–water partition coefficient (Wildman–Crippen LogP) is 0.0115. The van der Waals surface area contributed by atoms with Crippen molar-refractivity contribution in [3.63, 3.8) is 0 Å². The Morgan fingerprint density at radius 3 is 2.63 bits per heavy atom. The summed E-state index contributed by atoms with van der Waals surface area (Å²) in [5.41, 5.74) is 0. The van der Waals surface area contributed by atoms with Gasteiger partial charge in [0.15, 0.2) is 0 Å². The van der Waals surface area contributed by atoms with Crippen LogP contribution in [0.2, 0.25) is 0 Å². The molecule has 1 fully saturated rings. The van der Waals surface area contributed by atoms with Crippen molar-refractivity contribution in [1.82, 2.24) is 10.2 Å². The number of carboxylic acids is 1. The van der Waals surface area contributed by atoms with E-state index in [1.54, 1.807) is 12.0 Å². The second kappa shape index (κ2) is 7.96. The average Bonchev–Trinajstić information content (AvgIpc) is 2.75. The zero-order chi connectivity index (χ0) is 14.3. The number of ether oxygens (including phenoxy) is 2. The highest BCUT2D eigenvalue weighted by atomic mass is 16.5. The van der Waals surface area contributed by atoms with Crippen molar-refractivity contribution in [3.05, 3.63) is 0 Å². The number of nitrogens with zero attached hydrogens (tertiary/aromatic N) is 1. The molecule has 1 rings (SSSR count). The van der Waals surface area contributed by atoms with Crippen LogP contribution < -0.4 is 5.32 Å². The lowest BCUT2D eigenvalue weighted by Crippen LogP contribution is -2.40. The van der Waals surface area contributed by atoms with E-state index in [0.717, 1.165) is 0 Å². The van der Waals surface area contributed by atoms with Crippen LogP contribution in [0.3, 0.4) is 0 Å². The summed E-state index contributed by atoms with van der Waals surface area (Å²) in [5, 5.41) is 11.7. The summed E-state index contributed by atoms with van der Waals surface area (Å²) in [6.45, 7) is 4.44. The summed E-state index contributed by atoms with van der Waals surface area (Å²) in [7, 11) is 1.60. The number of carbonyl (C=O) groups is 2. The maximum atomic E-state index is 11.8. The molecule has 1 aliphatic rings. The van der Waals surface area contributed by atoms with Crippen molar-refractivity contribution < 1.29 is 24.2 Å². The van der Waals surface area contributed by atoms with Crippen LogP contribution in [0.25, 0.3) is 0 Å². The third-order valence-electron chi connectivity index (χ3n) is 3.17. The highest BCUT2D eigenvalue weighted by Crippen LogP contribution is 2.22. The minimum atomic E-state index is -0.842. The molecular weight excluding hydrogens is 252 g/mol. The molecule has 0 radical (unpaired) electrons.